The molecule has 1 aliphatic rings. The summed E-state index contributed by atoms with van der Waals surface area (Å²) in [7, 11) is 0. The molecule has 172 valence electrons. The van der Waals surface area contributed by atoms with Crippen molar-refractivity contribution in [1.29, 1.82) is 0 Å². The van der Waals surface area contributed by atoms with Crippen LogP contribution in [0.4, 0.5) is 0 Å². The number of rotatable bonds is 14. The molecule has 2 aromatic rings. The molecular weight excluding hydrogens is 392 g/mol. The summed E-state index contributed by atoms with van der Waals surface area (Å²) in [6.07, 6.45) is 17.2. The summed E-state index contributed by atoms with van der Waals surface area (Å²) in [5.41, 5.74) is 4.17. The van der Waals surface area contributed by atoms with Crippen LogP contribution in [0.25, 0.3) is 22.6 Å². The standard InChI is InChI=1S/C30H40O2/c1-4-6-7-8-9-10-11-12-13-14-17-24(5-2)23(3)30(31)32-28-22-26-20-15-18-25-19-16-21-27(28)29(25)26/h15-16,18-22H,4-14,17H2,1-3H3. The van der Waals surface area contributed by atoms with Gasteiger partial charge in [0.1, 0.15) is 5.76 Å². The second-order valence-electron chi connectivity index (χ2n) is 9.16. The van der Waals surface area contributed by atoms with Crippen LogP contribution in [-0.2, 0) is 9.53 Å². The van der Waals surface area contributed by atoms with Crippen molar-refractivity contribution < 1.29 is 9.53 Å². The lowest BCUT2D eigenvalue weighted by Crippen LogP contribution is -2.07. The van der Waals surface area contributed by atoms with Crippen LogP contribution in [0.5, 0.6) is 0 Å². The van der Waals surface area contributed by atoms with Crippen molar-refractivity contribution in [2.75, 3.05) is 0 Å². The summed E-state index contributed by atoms with van der Waals surface area (Å²) in [5, 5.41) is 2.37. The molecule has 0 N–H and O–H groups in total. The van der Waals surface area contributed by atoms with Crippen molar-refractivity contribution in [2.45, 2.75) is 97.8 Å². The molecule has 0 atom stereocenters. The fourth-order valence-electron chi connectivity index (χ4n) is 4.78. The summed E-state index contributed by atoms with van der Waals surface area (Å²) in [6.45, 7) is 6.35. The Labute approximate surface area is 194 Å². The molecule has 0 aromatic heterocycles. The van der Waals surface area contributed by atoms with Gasteiger partial charge in [-0.25, -0.2) is 4.79 Å². The van der Waals surface area contributed by atoms with Gasteiger partial charge in [-0.05, 0) is 48.6 Å². The first kappa shape index (κ1) is 24.3. The number of hydrogen-bond donors (Lipinski definition) is 0. The topological polar surface area (TPSA) is 26.3 Å². The molecule has 0 saturated heterocycles. The number of carbonyl (C=O) groups excluding carboxylic acids is 1. The van der Waals surface area contributed by atoms with Gasteiger partial charge in [-0.15, -0.1) is 0 Å². The number of allylic oxidation sites excluding steroid dienone is 1. The maximum absolute atomic E-state index is 12.9. The van der Waals surface area contributed by atoms with Gasteiger partial charge in [-0.3, -0.25) is 0 Å². The molecule has 0 saturated carbocycles. The fraction of sp³-hybridized carbons (Fsp3) is 0.500. The average molecular weight is 433 g/mol. The van der Waals surface area contributed by atoms with Crippen molar-refractivity contribution in [2.24, 2.45) is 0 Å². The Kier molecular flexibility index (Phi) is 9.59. The normalized spacial score (nSPS) is 13.3. The average Bonchev–Trinajstić information content (AvgIpc) is 3.16. The highest BCUT2D eigenvalue weighted by molar-refractivity contribution is 6.09. The van der Waals surface area contributed by atoms with E-state index in [1.54, 1.807) is 0 Å². The van der Waals surface area contributed by atoms with Crippen molar-refractivity contribution in [1.82, 2.24) is 0 Å². The van der Waals surface area contributed by atoms with E-state index in [2.05, 4.69) is 38.1 Å². The van der Waals surface area contributed by atoms with Gasteiger partial charge in [0.05, 0.1) is 0 Å². The zero-order valence-electron chi connectivity index (χ0n) is 20.3. The number of benzene rings is 2. The first-order valence-corrected chi connectivity index (χ1v) is 12.8. The predicted molar refractivity (Wildman–Crippen MR) is 137 cm³/mol. The van der Waals surface area contributed by atoms with Gasteiger partial charge in [-0.1, -0.05) is 114 Å². The molecule has 0 radical (unpaired) electrons. The SMILES string of the molecule is CCCCCCCCCCCCC(CC)=C(C)C(=O)OC1=Cc2cccc3cccc1c23. The highest BCUT2D eigenvalue weighted by Crippen LogP contribution is 2.37. The maximum atomic E-state index is 12.9. The third kappa shape index (κ3) is 6.34. The van der Waals surface area contributed by atoms with Crippen molar-refractivity contribution in [3.05, 3.63) is 58.7 Å². The van der Waals surface area contributed by atoms with Crippen LogP contribution in [0.15, 0.2) is 47.5 Å². The summed E-state index contributed by atoms with van der Waals surface area (Å²) in [5.74, 6) is 0.473. The van der Waals surface area contributed by atoms with Gasteiger partial charge in [0, 0.05) is 11.1 Å². The fourth-order valence-corrected chi connectivity index (χ4v) is 4.78. The first-order chi connectivity index (χ1) is 15.7. The molecule has 0 spiro atoms. The van der Waals surface area contributed by atoms with Gasteiger partial charge in [0.25, 0.3) is 0 Å². The Morgan fingerprint density at radius 2 is 1.44 bits per heavy atom. The van der Waals surface area contributed by atoms with E-state index in [1.165, 1.54) is 74.1 Å². The van der Waals surface area contributed by atoms with Gasteiger partial charge in [0.15, 0.2) is 0 Å². The van der Waals surface area contributed by atoms with Crippen LogP contribution in [0.3, 0.4) is 0 Å². The smallest absolute Gasteiger partial charge is 0.339 e. The highest BCUT2D eigenvalue weighted by atomic mass is 16.5. The molecule has 0 bridgehead atoms. The molecule has 2 aromatic carbocycles. The van der Waals surface area contributed by atoms with E-state index >= 15 is 0 Å². The predicted octanol–water partition coefficient (Wildman–Crippen LogP) is 9.23. The van der Waals surface area contributed by atoms with E-state index in [0.717, 1.165) is 36.0 Å². The van der Waals surface area contributed by atoms with Gasteiger partial charge >= 0.3 is 5.97 Å². The third-order valence-electron chi connectivity index (χ3n) is 6.79. The molecule has 0 fully saturated rings. The van der Waals surface area contributed by atoms with Gasteiger partial charge in [0.2, 0.25) is 0 Å². The highest BCUT2D eigenvalue weighted by Gasteiger charge is 2.21. The minimum atomic E-state index is -0.204. The Bertz CT molecular complexity index is 959. The Morgan fingerprint density at radius 3 is 2.09 bits per heavy atom. The quantitative estimate of drug-likeness (QED) is 0.169. The number of hydrogen-bond acceptors (Lipinski definition) is 2. The lowest BCUT2D eigenvalue weighted by Gasteiger charge is -2.12. The van der Waals surface area contributed by atoms with Crippen LogP contribution in [0.1, 0.15) is 109 Å². The molecule has 0 aliphatic heterocycles. The number of carbonyl (C=O) groups is 1. The molecule has 3 rings (SSSR count). The largest absolute Gasteiger partial charge is 0.422 e. The summed E-state index contributed by atoms with van der Waals surface area (Å²) >= 11 is 0. The van der Waals surface area contributed by atoms with Gasteiger partial charge in [-0.2, -0.15) is 0 Å². The molecule has 2 nitrogen and oxygen atoms in total. The molecule has 1 aliphatic carbocycles. The zero-order valence-corrected chi connectivity index (χ0v) is 20.3. The second kappa shape index (κ2) is 12.6. The Hall–Kier alpha value is -2.35. The van der Waals surface area contributed by atoms with Crippen LogP contribution in [0.2, 0.25) is 0 Å². The van der Waals surface area contributed by atoms with Crippen molar-refractivity contribution in [3.63, 3.8) is 0 Å². The van der Waals surface area contributed by atoms with Gasteiger partial charge < -0.3 is 4.74 Å². The summed E-state index contributed by atoms with van der Waals surface area (Å²) in [4.78, 5) is 12.9. The van der Waals surface area contributed by atoms with E-state index in [0.29, 0.717) is 5.76 Å². The minimum Gasteiger partial charge on any atom is -0.422 e. The van der Waals surface area contributed by atoms with E-state index < -0.39 is 0 Å². The van der Waals surface area contributed by atoms with E-state index in [1.807, 2.05) is 25.1 Å². The molecule has 0 heterocycles. The minimum absolute atomic E-state index is 0.204. The van der Waals surface area contributed by atoms with E-state index in [4.69, 9.17) is 4.74 Å². The molecule has 2 heteroatoms. The second-order valence-corrected chi connectivity index (χ2v) is 9.16. The van der Waals surface area contributed by atoms with Crippen LogP contribution >= 0.6 is 0 Å². The third-order valence-corrected chi connectivity index (χ3v) is 6.79. The lowest BCUT2D eigenvalue weighted by atomic mass is 9.99. The zero-order chi connectivity index (χ0) is 22.8. The van der Waals surface area contributed by atoms with Crippen molar-refractivity contribution >= 4 is 28.6 Å². The molecular formula is C30H40O2. The number of esters is 1. The summed E-state index contributed by atoms with van der Waals surface area (Å²) < 4.78 is 5.89. The maximum Gasteiger partial charge on any atom is 0.339 e. The Morgan fingerprint density at radius 1 is 0.812 bits per heavy atom. The molecule has 32 heavy (non-hydrogen) atoms. The lowest BCUT2D eigenvalue weighted by molar-refractivity contribution is -0.132. The first-order valence-electron chi connectivity index (χ1n) is 12.8. The number of unbranched alkanes of at least 4 members (excludes halogenated alkanes) is 9. The van der Waals surface area contributed by atoms with Crippen LogP contribution < -0.4 is 0 Å². The van der Waals surface area contributed by atoms with Crippen LogP contribution in [-0.4, -0.2) is 5.97 Å². The monoisotopic (exact) mass is 432 g/mol. The molecule has 0 unspecified atom stereocenters. The summed E-state index contributed by atoms with van der Waals surface area (Å²) in [6, 6.07) is 12.4. The van der Waals surface area contributed by atoms with E-state index in [9.17, 15) is 4.79 Å². The van der Waals surface area contributed by atoms with Crippen molar-refractivity contribution in [3.8, 4) is 0 Å². The van der Waals surface area contributed by atoms with Crippen LogP contribution in [0, 0.1) is 0 Å². The molecule has 0 amide bonds. The number of ether oxygens (including phenoxy) is 1. The van der Waals surface area contributed by atoms with E-state index in [-0.39, 0.29) is 5.97 Å². The Balaban J connectivity index is 1.46.